The van der Waals surface area contributed by atoms with Crippen LogP contribution < -0.4 is 5.56 Å². The number of carbonyl (C=O) groups is 1. The van der Waals surface area contributed by atoms with Gasteiger partial charge in [0, 0.05) is 18.6 Å². The van der Waals surface area contributed by atoms with Gasteiger partial charge in [-0.15, -0.1) is 0 Å². The second-order valence-corrected chi connectivity index (χ2v) is 6.07. The molecule has 0 aliphatic heterocycles. The van der Waals surface area contributed by atoms with Gasteiger partial charge in [-0.25, -0.2) is 4.79 Å². The van der Waals surface area contributed by atoms with Gasteiger partial charge in [0.25, 0.3) is 5.56 Å². The average Bonchev–Trinajstić information content (AvgIpc) is 3.22. The number of aromatic nitrogens is 2. The Kier molecular flexibility index (Phi) is 2.91. The Labute approximate surface area is 132 Å². The summed E-state index contributed by atoms with van der Waals surface area (Å²) in [5.74, 6) is -0.817. The first-order valence-electron chi connectivity index (χ1n) is 7.63. The smallest absolute Gasteiger partial charge is 0.341 e. The van der Waals surface area contributed by atoms with E-state index < -0.39 is 11.5 Å². The van der Waals surface area contributed by atoms with E-state index in [1.807, 2.05) is 31.5 Å². The van der Waals surface area contributed by atoms with Crippen LogP contribution in [0.1, 0.15) is 40.2 Å². The van der Waals surface area contributed by atoms with Crippen LogP contribution in [0, 0.1) is 6.92 Å². The number of nitrogens with one attached hydrogen (secondary N) is 1. The SMILES string of the molecule is Cc1c(-c2cc[nH]c2)ccn2c(=O)c(C(=O)O)cc(C3CC3)c12. The van der Waals surface area contributed by atoms with Crippen molar-refractivity contribution in [3.63, 3.8) is 0 Å². The Morgan fingerprint density at radius 1 is 1.35 bits per heavy atom. The predicted molar refractivity (Wildman–Crippen MR) is 87.1 cm³/mol. The van der Waals surface area contributed by atoms with Gasteiger partial charge in [-0.1, -0.05) is 0 Å². The van der Waals surface area contributed by atoms with E-state index in [-0.39, 0.29) is 5.56 Å². The number of aromatic carboxylic acids is 1. The van der Waals surface area contributed by atoms with Gasteiger partial charge in [0.15, 0.2) is 0 Å². The Balaban J connectivity index is 2.10. The minimum absolute atomic E-state index is 0.154. The van der Waals surface area contributed by atoms with Gasteiger partial charge in [0.05, 0.1) is 5.52 Å². The Hall–Kier alpha value is -2.82. The molecule has 2 N–H and O–H groups in total. The summed E-state index contributed by atoms with van der Waals surface area (Å²) >= 11 is 0. The third-order valence-electron chi connectivity index (χ3n) is 4.57. The van der Waals surface area contributed by atoms with Crippen LogP contribution in [0.3, 0.4) is 0 Å². The number of carboxylic acids is 1. The molecule has 0 saturated heterocycles. The zero-order valence-electron chi connectivity index (χ0n) is 12.7. The van der Waals surface area contributed by atoms with Crippen LogP contribution in [0.4, 0.5) is 0 Å². The summed E-state index contributed by atoms with van der Waals surface area (Å²) in [6.07, 6.45) is 7.55. The summed E-state index contributed by atoms with van der Waals surface area (Å²) in [6, 6.07) is 5.43. The topological polar surface area (TPSA) is 74.6 Å². The van der Waals surface area contributed by atoms with E-state index in [4.69, 9.17) is 0 Å². The van der Waals surface area contributed by atoms with Crippen LogP contribution in [-0.4, -0.2) is 20.5 Å². The van der Waals surface area contributed by atoms with Gasteiger partial charge < -0.3 is 10.1 Å². The molecule has 3 aromatic heterocycles. The van der Waals surface area contributed by atoms with Crippen molar-refractivity contribution in [2.75, 3.05) is 0 Å². The number of aromatic amines is 1. The number of H-pyrrole nitrogens is 1. The number of hydrogen-bond acceptors (Lipinski definition) is 2. The van der Waals surface area contributed by atoms with Crippen molar-refractivity contribution in [3.05, 3.63) is 63.8 Å². The fourth-order valence-electron chi connectivity index (χ4n) is 3.26. The van der Waals surface area contributed by atoms with Gasteiger partial charge in [0.1, 0.15) is 5.56 Å². The first-order valence-corrected chi connectivity index (χ1v) is 7.63. The quantitative estimate of drug-likeness (QED) is 0.780. The lowest BCUT2D eigenvalue weighted by molar-refractivity contribution is 0.0694. The largest absolute Gasteiger partial charge is 0.477 e. The van der Waals surface area contributed by atoms with Gasteiger partial charge in [0.2, 0.25) is 0 Å². The number of fused-ring (bicyclic) bond motifs is 1. The molecule has 3 heterocycles. The maximum absolute atomic E-state index is 12.5. The number of hydrogen-bond donors (Lipinski definition) is 2. The van der Waals surface area contributed by atoms with Crippen molar-refractivity contribution >= 4 is 11.5 Å². The van der Waals surface area contributed by atoms with E-state index in [0.29, 0.717) is 5.92 Å². The van der Waals surface area contributed by atoms with Crippen molar-refractivity contribution in [3.8, 4) is 11.1 Å². The second-order valence-electron chi connectivity index (χ2n) is 6.07. The minimum atomic E-state index is -1.17. The van der Waals surface area contributed by atoms with Crippen LogP contribution >= 0.6 is 0 Å². The van der Waals surface area contributed by atoms with Crippen molar-refractivity contribution in [1.29, 1.82) is 0 Å². The van der Waals surface area contributed by atoms with Crippen molar-refractivity contribution in [1.82, 2.24) is 9.38 Å². The Morgan fingerprint density at radius 2 is 2.13 bits per heavy atom. The number of aryl methyl sites for hydroxylation is 1. The third kappa shape index (κ3) is 2.08. The third-order valence-corrected chi connectivity index (χ3v) is 4.57. The average molecular weight is 308 g/mol. The summed E-state index contributed by atoms with van der Waals surface area (Å²) in [5, 5.41) is 9.31. The van der Waals surface area contributed by atoms with Crippen molar-refractivity contribution in [2.45, 2.75) is 25.7 Å². The molecule has 4 rings (SSSR count). The number of pyridine rings is 2. The van der Waals surface area contributed by atoms with E-state index >= 15 is 0 Å². The summed E-state index contributed by atoms with van der Waals surface area (Å²) < 4.78 is 1.49. The fourth-order valence-corrected chi connectivity index (χ4v) is 3.26. The molecule has 0 atom stereocenters. The lowest BCUT2D eigenvalue weighted by Crippen LogP contribution is -2.23. The van der Waals surface area contributed by atoms with Crippen molar-refractivity contribution < 1.29 is 9.90 Å². The molecule has 1 aliphatic rings. The van der Waals surface area contributed by atoms with Gasteiger partial charge in [-0.05, 0) is 66.1 Å². The highest BCUT2D eigenvalue weighted by Gasteiger charge is 2.29. The zero-order chi connectivity index (χ0) is 16.1. The van der Waals surface area contributed by atoms with Gasteiger partial charge >= 0.3 is 5.97 Å². The van der Waals surface area contributed by atoms with E-state index in [9.17, 15) is 14.7 Å². The highest BCUT2D eigenvalue weighted by atomic mass is 16.4. The highest BCUT2D eigenvalue weighted by molar-refractivity contribution is 5.89. The number of nitrogens with zero attached hydrogens (tertiary/aromatic N) is 1. The Bertz CT molecular complexity index is 980. The van der Waals surface area contributed by atoms with E-state index in [1.54, 1.807) is 12.3 Å². The standard InChI is InChI=1S/C18H16N2O3/c1-10-13(12-4-6-19-9-12)5-7-20-16(10)14(11-2-3-11)8-15(17(20)21)18(22)23/h4-9,11,19H,2-3H2,1H3,(H,22,23). The molecule has 0 bridgehead atoms. The molecule has 0 amide bonds. The van der Waals surface area contributed by atoms with Crippen LogP contribution in [0.25, 0.3) is 16.6 Å². The predicted octanol–water partition coefficient (Wildman–Crippen LogP) is 3.18. The fraction of sp³-hybridized carbons (Fsp3) is 0.222. The summed E-state index contributed by atoms with van der Waals surface area (Å²) in [6.45, 7) is 1.99. The van der Waals surface area contributed by atoms with Gasteiger partial charge in [-0.3, -0.25) is 9.20 Å². The molecule has 5 heteroatoms. The van der Waals surface area contributed by atoms with Crippen LogP contribution in [-0.2, 0) is 0 Å². The monoisotopic (exact) mass is 308 g/mol. The first-order chi connectivity index (χ1) is 11.1. The molecule has 0 aromatic carbocycles. The molecule has 116 valence electrons. The highest BCUT2D eigenvalue weighted by Crippen LogP contribution is 2.43. The molecule has 3 aromatic rings. The molecule has 1 saturated carbocycles. The maximum Gasteiger partial charge on any atom is 0.341 e. The summed E-state index contributed by atoms with van der Waals surface area (Å²) in [4.78, 5) is 26.9. The molecule has 23 heavy (non-hydrogen) atoms. The molecular formula is C18H16N2O3. The lowest BCUT2D eigenvalue weighted by atomic mass is 9.98. The van der Waals surface area contributed by atoms with Gasteiger partial charge in [-0.2, -0.15) is 0 Å². The van der Waals surface area contributed by atoms with Crippen LogP contribution in [0.5, 0.6) is 0 Å². The molecule has 0 spiro atoms. The summed E-state index contributed by atoms with van der Waals surface area (Å²) in [5.41, 5.74) is 4.30. The normalized spacial score (nSPS) is 14.3. The molecule has 1 aliphatic carbocycles. The Morgan fingerprint density at radius 3 is 2.74 bits per heavy atom. The molecular weight excluding hydrogens is 292 g/mol. The number of rotatable bonds is 3. The second kappa shape index (κ2) is 4.84. The molecule has 1 fully saturated rings. The lowest BCUT2D eigenvalue weighted by Gasteiger charge is -2.14. The number of carboxylic acid groups (broad SMARTS) is 1. The first kappa shape index (κ1) is 13.8. The molecule has 0 unspecified atom stereocenters. The summed E-state index contributed by atoms with van der Waals surface area (Å²) in [7, 11) is 0. The minimum Gasteiger partial charge on any atom is -0.477 e. The molecule has 5 nitrogen and oxygen atoms in total. The van der Waals surface area contributed by atoms with E-state index in [1.165, 1.54) is 4.40 Å². The van der Waals surface area contributed by atoms with Crippen LogP contribution in [0.2, 0.25) is 0 Å². The van der Waals surface area contributed by atoms with E-state index in [2.05, 4.69) is 4.98 Å². The van der Waals surface area contributed by atoms with Crippen LogP contribution in [0.15, 0.2) is 41.6 Å². The molecule has 0 radical (unpaired) electrons. The van der Waals surface area contributed by atoms with E-state index in [0.717, 1.165) is 40.6 Å². The van der Waals surface area contributed by atoms with Crippen molar-refractivity contribution in [2.24, 2.45) is 0 Å². The maximum atomic E-state index is 12.5. The zero-order valence-corrected chi connectivity index (χ0v) is 12.7.